The van der Waals surface area contributed by atoms with Crippen molar-refractivity contribution in [3.63, 3.8) is 0 Å². The van der Waals surface area contributed by atoms with E-state index in [0.29, 0.717) is 21.3 Å². The maximum Gasteiger partial charge on any atom is 0.270 e. The van der Waals surface area contributed by atoms with E-state index in [4.69, 9.17) is 23.2 Å². The van der Waals surface area contributed by atoms with E-state index in [-0.39, 0.29) is 5.69 Å². The lowest BCUT2D eigenvalue weighted by Crippen LogP contribution is -1.92. The molecule has 0 unspecified atom stereocenters. The average molecular weight is 310 g/mol. The van der Waals surface area contributed by atoms with E-state index < -0.39 is 4.92 Å². The predicted octanol–water partition coefficient (Wildman–Crippen LogP) is 4.35. The fraction of sp³-hybridized carbons (Fsp3) is 0. The zero-order valence-electron chi connectivity index (χ0n) is 10.1. The second-order valence-electron chi connectivity index (χ2n) is 3.85. The molecule has 0 bridgehead atoms. The normalized spacial score (nSPS) is 10.7. The van der Waals surface area contributed by atoms with Gasteiger partial charge in [-0.2, -0.15) is 5.10 Å². The zero-order valence-corrected chi connectivity index (χ0v) is 11.6. The van der Waals surface area contributed by atoms with Gasteiger partial charge in [0.05, 0.1) is 26.9 Å². The number of halogens is 2. The highest BCUT2D eigenvalue weighted by molar-refractivity contribution is 6.42. The summed E-state index contributed by atoms with van der Waals surface area (Å²) in [4.78, 5) is 10.2. The number of nitrogens with one attached hydrogen (secondary N) is 1. The lowest BCUT2D eigenvalue weighted by molar-refractivity contribution is -0.384. The van der Waals surface area contributed by atoms with Crippen molar-refractivity contribution in [1.82, 2.24) is 0 Å². The molecule has 2 rings (SSSR count). The third kappa shape index (κ3) is 3.69. The van der Waals surface area contributed by atoms with Crippen LogP contribution in [0, 0.1) is 10.1 Å². The lowest BCUT2D eigenvalue weighted by Gasteiger charge is -2.01. The first-order valence-corrected chi connectivity index (χ1v) is 6.30. The van der Waals surface area contributed by atoms with Gasteiger partial charge in [0.25, 0.3) is 5.69 Å². The summed E-state index contributed by atoms with van der Waals surface area (Å²) in [7, 11) is 0. The lowest BCUT2D eigenvalue weighted by atomic mass is 10.2. The summed E-state index contributed by atoms with van der Waals surface area (Å²) < 4.78 is 0. The van der Waals surface area contributed by atoms with Crippen molar-refractivity contribution in [2.75, 3.05) is 5.43 Å². The number of hydrazone groups is 1. The molecule has 0 heterocycles. The fourth-order valence-electron chi connectivity index (χ4n) is 1.47. The minimum atomic E-state index is -0.455. The van der Waals surface area contributed by atoms with Crippen LogP contribution in [0.25, 0.3) is 0 Å². The van der Waals surface area contributed by atoms with Crippen molar-refractivity contribution in [2.24, 2.45) is 5.10 Å². The van der Waals surface area contributed by atoms with Crippen LogP contribution in [0.4, 0.5) is 11.4 Å². The van der Waals surface area contributed by atoms with Crippen LogP contribution in [-0.4, -0.2) is 11.1 Å². The Labute approximate surface area is 125 Å². The van der Waals surface area contributed by atoms with Gasteiger partial charge in [-0.3, -0.25) is 15.5 Å². The van der Waals surface area contributed by atoms with Gasteiger partial charge in [-0.15, -0.1) is 0 Å². The van der Waals surface area contributed by atoms with Crippen LogP contribution in [0.2, 0.25) is 10.0 Å². The first kappa shape index (κ1) is 14.3. The van der Waals surface area contributed by atoms with Gasteiger partial charge in [-0.1, -0.05) is 35.3 Å². The topological polar surface area (TPSA) is 67.5 Å². The van der Waals surface area contributed by atoms with E-state index in [1.807, 2.05) is 0 Å². The van der Waals surface area contributed by atoms with Crippen LogP contribution in [0.15, 0.2) is 47.6 Å². The molecule has 0 saturated carbocycles. The molecule has 2 aromatic rings. The first-order valence-electron chi connectivity index (χ1n) is 5.55. The Balaban J connectivity index is 2.08. The van der Waals surface area contributed by atoms with Gasteiger partial charge in [0, 0.05) is 17.7 Å². The Morgan fingerprint density at radius 3 is 2.65 bits per heavy atom. The van der Waals surface area contributed by atoms with Gasteiger partial charge in [0.1, 0.15) is 0 Å². The van der Waals surface area contributed by atoms with Crippen molar-refractivity contribution in [3.05, 3.63) is 68.2 Å². The molecule has 102 valence electrons. The molecule has 2 aromatic carbocycles. The van der Waals surface area contributed by atoms with Crippen LogP contribution in [0.3, 0.4) is 0 Å². The number of hydrogen-bond donors (Lipinski definition) is 1. The molecule has 1 N–H and O–H groups in total. The maximum absolute atomic E-state index is 10.6. The van der Waals surface area contributed by atoms with E-state index in [0.717, 1.165) is 0 Å². The number of non-ortho nitro benzene ring substituents is 1. The SMILES string of the molecule is O=[N+]([O-])c1cccc(C=NNc2ccc(Cl)c(Cl)c2)c1. The third-order valence-electron chi connectivity index (χ3n) is 2.41. The second kappa shape index (κ2) is 6.36. The standard InChI is InChI=1S/C13H9Cl2N3O2/c14-12-5-4-10(7-13(12)15)17-16-8-9-2-1-3-11(6-9)18(19)20/h1-8,17H. The highest BCUT2D eigenvalue weighted by Crippen LogP contribution is 2.24. The minimum Gasteiger partial charge on any atom is -0.278 e. The summed E-state index contributed by atoms with van der Waals surface area (Å²) in [5, 5.41) is 15.5. The van der Waals surface area contributed by atoms with Crippen LogP contribution in [0.1, 0.15) is 5.56 Å². The monoisotopic (exact) mass is 309 g/mol. The summed E-state index contributed by atoms with van der Waals surface area (Å²) in [5.74, 6) is 0. The van der Waals surface area contributed by atoms with Crippen molar-refractivity contribution in [2.45, 2.75) is 0 Å². The Bertz CT molecular complexity index is 674. The molecule has 0 saturated heterocycles. The minimum absolute atomic E-state index is 0.0171. The number of benzene rings is 2. The highest BCUT2D eigenvalue weighted by atomic mass is 35.5. The molecule has 0 fully saturated rings. The molecule has 0 aliphatic rings. The Morgan fingerprint density at radius 2 is 1.95 bits per heavy atom. The van der Waals surface area contributed by atoms with Crippen molar-refractivity contribution < 1.29 is 4.92 Å². The molecular formula is C13H9Cl2N3O2. The molecule has 0 aliphatic carbocycles. The molecule has 0 amide bonds. The van der Waals surface area contributed by atoms with Crippen LogP contribution in [0.5, 0.6) is 0 Å². The molecule has 0 spiro atoms. The van der Waals surface area contributed by atoms with Gasteiger partial charge in [0.2, 0.25) is 0 Å². The Hall–Kier alpha value is -2.11. The van der Waals surface area contributed by atoms with E-state index in [1.54, 1.807) is 30.3 Å². The summed E-state index contributed by atoms with van der Waals surface area (Å²) in [6, 6.07) is 11.2. The maximum atomic E-state index is 10.6. The van der Waals surface area contributed by atoms with E-state index >= 15 is 0 Å². The number of anilines is 1. The molecule has 0 aliphatic heterocycles. The highest BCUT2D eigenvalue weighted by Gasteiger charge is 2.03. The number of rotatable bonds is 4. The van der Waals surface area contributed by atoms with Crippen molar-refractivity contribution >= 4 is 40.8 Å². The smallest absolute Gasteiger partial charge is 0.270 e. The molecule has 20 heavy (non-hydrogen) atoms. The van der Waals surface area contributed by atoms with Gasteiger partial charge in [-0.05, 0) is 18.2 Å². The first-order chi connectivity index (χ1) is 9.56. The van der Waals surface area contributed by atoms with Crippen LogP contribution < -0.4 is 5.43 Å². The van der Waals surface area contributed by atoms with Crippen LogP contribution in [-0.2, 0) is 0 Å². The fourth-order valence-corrected chi connectivity index (χ4v) is 1.76. The number of hydrogen-bond acceptors (Lipinski definition) is 4. The van der Waals surface area contributed by atoms with Crippen molar-refractivity contribution in [1.29, 1.82) is 0 Å². The average Bonchev–Trinajstić information content (AvgIpc) is 2.43. The molecule has 0 aromatic heterocycles. The van der Waals surface area contributed by atoms with Crippen molar-refractivity contribution in [3.8, 4) is 0 Å². The molecule has 0 atom stereocenters. The summed E-state index contributed by atoms with van der Waals surface area (Å²) in [6.07, 6.45) is 1.48. The molecular weight excluding hydrogens is 301 g/mol. The third-order valence-corrected chi connectivity index (χ3v) is 3.15. The molecule has 7 heteroatoms. The Kier molecular flexibility index (Phi) is 4.55. The van der Waals surface area contributed by atoms with E-state index in [2.05, 4.69) is 10.5 Å². The quantitative estimate of drug-likeness (QED) is 0.518. The number of nitro benzene ring substituents is 1. The number of nitro groups is 1. The van der Waals surface area contributed by atoms with E-state index in [9.17, 15) is 10.1 Å². The predicted molar refractivity (Wildman–Crippen MR) is 80.8 cm³/mol. The largest absolute Gasteiger partial charge is 0.278 e. The van der Waals surface area contributed by atoms with E-state index in [1.165, 1.54) is 18.3 Å². The van der Waals surface area contributed by atoms with Gasteiger partial charge < -0.3 is 0 Å². The number of nitrogens with zero attached hydrogens (tertiary/aromatic N) is 2. The zero-order chi connectivity index (χ0) is 14.5. The van der Waals surface area contributed by atoms with Gasteiger partial charge in [0.15, 0.2) is 0 Å². The summed E-state index contributed by atoms with van der Waals surface area (Å²) in [6.45, 7) is 0. The summed E-state index contributed by atoms with van der Waals surface area (Å²) in [5.41, 5.74) is 4.07. The second-order valence-corrected chi connectivity index (χ2v) is 4.67. The van der Waals surface area contributed by atoms with Gasteiger partial charge in [-0.25, -0.2) is 0 Å². The molecule has 0 radical (unpaired) electrons. The molecule has 5 nitrogen and oxygen atoms in total. The Morgan fingerprint density at radius 1 is 1.15 bits per heavy atom. The van der Waals surface area contributed by atoms with Gasteiger partial charge >= 0.3 is 0 Å². The van der Waals surface area contributed by atoms with Crippen LogP contribution >= 0.6 is 23.2 Å². The summed E-state index contributed by atoms with van der Waals surface area (Å²) >= 11 is 11.7.